The maximum atomic E-state index is 10.1. The van der Waals surface area contributed by atoms with Gasteiger partial charge in [0.1, 0.15) is 6.04 Å². The highest BCUT2D eigenvalue weighted by Gasteiger charge is 2.08. The summed E-state index contributed by atoms with van der Waals surface area (Å²) in [6, 6.07) is -0.662. The second-order valence-corrected chi connectivity index (χ2v) is 2.09. The van der Waals surface area contributed by atoms with Crippen LogP contribution >= 0.6 is 0 Å². The Balaban J connectivity index is 0. The van der Waals surface area contributed by atoms with Gasteiger partial charge < -0.3 is 17.0 Å². The van der Waals surface area contributed by atoms with E-state index in [1.165, 1.54) is 0 Å². The minimum absolute atomic E-state index is 0. The van der Waals surface area contributed by atoms with E-state index in [0.29, 0.717) is 6.42 Å². The van der Waals surface area contributed by atoms with Crippen molar-refractivity contribution in [3.05, 3.63) is 0 Å². The van der Waals surface area contributed by atoms with Gasteiger partial charge in [-0.3, -0.25) is 4.79 Å². The molecule has 0 aromatic carbocycles. The predicted molar refractivity (Wildman–Crippen MR) is 40.2 cm³/mol. The van der Waals surface area contributed by atoms with Crippen molar-refractivity contribution >= 4 is 5.97 Å². The van der Waals surface area contributed by atoms with E-state index in [0.717, 1.165) is 12.8 Å². The van der Waals surface area contributed by atoms with Crippen LogP contribution in [0.25, 0.3) is 0 Å². The molecule has 0 amide bonds. The highest BCUT2D eigenvalue weighted by molar-refractivity contribution is 5.72. The Kier molecular flexibility index (Phi) is 7.88. The van der Waals surface area contributed by atoms with Crippen molar-refractivity contribution in [3.8, 4) is 0 Å². The molecule has 0 rings (SSSR count). The van der Waals surface area contributed by atoms with Gasteiger partial charge in [0.25, 0.3) is 0 Å². The summed E-state index contributed by atoms with van der Waals surface area (Å²) in [4.78, 5) is 10.1. The van der Waals surface area contributed by atoms with Crippen molar-refractivity contribution in [3.63, 3.8) is 0 Å². The average molecular weight is 148 g/mol. The summed E-state index contributed by atoms with van der Waals surface area (Å²) in [6.07, 6.45) is 2.49. The number of unbranched alkanes of at least 4 members (excludes halogenated alkanes) is 1. The van der Waals surface area contributed by atoms with Crippen LogP contribution in [0.1, 0.15) is 26.2 Å². The molecule has 0 unspecified atom stereocenters. The van der Waals surface area contributed by atoms with Gasteiger partial charge in [0, 0.05) is 0 Å². The van der Waals surface area contributed by atoms with Gasteiger partial charge in [0.2, 0.25) is 0 Å². The first-order chi connectivity index (χ1) is 4.18. The van der Waals surface area contributed by atoms with Crippen molar-refractivity contribution in [2.24, 2.45) is 5.73 Å². The van der Waals surface area contributed by atoms with Gasteiger partial charge in [-0.2, -0.15) is 0 Å². The molecule has 0 aromatic rings. The lowest BCUT2D eigenvalue weighted by molar-refractivity contribution is -0.138. The third-order valence-electron chi connectivity index (χ3n) is 1.19. The SMILES string of the molecule is CCCC[C@H](N)C(=O)O.N. The van der Waals surface area contributed by atoms with E-state index in [-0.39, 0.29) is 6.15 Å². The van der Waals surface area contributed by atoms with Crippen molar-refractivity contribution in [1.29, 1.82) is 0 Å². The molecule has 62 valence electrons. The molecule has 0 saturated heterocycles. The number of hydrogen-bond acceptors (Lipinski definition) is 3. The molecule has 1 atom stereocenters. The first kappa shape index (κ1) is 12.1. The number of rotatable bonds is 4. The molecule has 0 fully saturated rings. The van der Waals surface area contributed by atoms with Crippen molar-refractivity contribution in [1.82, 2.24) is 6.15 Å². The Labute approximate surface area is 61.0 Å². The third-order valence-corrected chi connectivity index (χ3v) is 1.19. The van der Waals surface area contributed by atoms with E-state index in [9.17, 15) is 4.79 Å². The lowest BCUT2D eigenvalue weighted by Gasteiger charge is -2.02. The summed E-state index contributed by atoms with van der Waals surface area (Å²) in [6.45, 7) is 2.01. The first-order valence-corrected chi connectivity index (χ1v) is 3.17. The monoisotopic (exact) mass is 148 g/mol. The van der Waals surface area contributed by atoms with Gasteiger partial charge in [0.15, 0.2) is 0 Å². The van der Waals surface area contributed by atoms with Crippen molar-refractivity contribution in [2.45, 2.75) is 32.2 Å². The normalized spacial score (nSPS) is 11.8. The average Bonchev–Trinajstić information content (AvgIpc) is 1.82. The summed E-state index contributed by atoms with van der Waals surface area (Å²) in [5.74, 6) is -0.900. The highest BCUT2D eigenvalue weighted by atomic mass is 16.4. The van der Waals surface area contributed by atoms with E-state index in [4.69, 9.17) is 10.8 Å². The Hall–Kier alpha value is -0.610. The summed E-state index contributed by atoms with van der Waals surface area (Å²) in [7, 11) is 0. The van der Waals surface area contributed by atoms with Crippen LogP contribution in [-0.2, 0) is 4.79 Å². The fourth-order valence-corrected chi connectivity index (χ4v) is 0.548. The Morgan fingerprint density at radius 1 is 1.70 bits per heavy atom. The Morgan fingerprint density at radius 3 is 2.50 bits per heavy atom. The van der Waals surface area contributed by atoms with Gasteiger partial charge in [0.05, 0.1) is 0 Å². The molecule has 0 aliphatic heterocycles. The Morgan fingerprint density at radius 2 is 2.20 bits per heavy atom. The van der Waals surface area contributed by atoms with E-state index >= 15 is 0 Å². The van der Waals surface area contributed by atoms with Crippen molar-refractivity contribution < 1.29 is 9.90 Å². The molecule has 0 radical (unpaired) electrons. The predicted octanol–water partition coefficient (Wildman–Crippen LogP) is 0.750. The molecule has 0 aromatic heterocycles. The summed E-state index contributed by atoms with van der Waals surface area (Å²) < 4.78 is 0. The molecular weight excluding hydrogens is 132 g/mol. The topological polar surface area (TPSA) is 98.3 Å². The summed E-state index contributed by atoms with van der Waals surface area (Å²) >= 11 is 0. The number of carbonyl (C=O) groups is 1. The smallest absolute Gasteiger partial charge is 0.320 e. The molecule has 4 nitrogen and oxygen atoms in total. The lowest BCUT2D eigenvalue weighted by Crippen LogP contribution is -2.29. The Bertz CT molecular complexity index is 95.7. The van der Waals surface area contributed by atoms with E-state index < -0.39 is 12.0 Å². The van der Waals surface area contributed by atoms with Crippen LogP contribution in [0.4, 0.5) is 0 Å². The number of carboxylic acid groups (broad SMARTS) is 1. The van der Waals surface area contributed by atoms with E-state index in [1.807, 2.05) is 6.92 Å². The molecule has 10 heavy (non-hydrogen) atoms. The van der Waals surface area contributed by atoms with Crippen LogP contribution in [0, 0.1) is 0 Å². The zero-order chi connectivity index (χ0) is 7.28. The quantitative estimate of drug-likeness (QED) is 0.547. The lowest BCUT2D eigenvalue weighted by atomic mass is 10.1. The maximum Gasteiger partial charge on any atom is 0.320 e. The van der Waals surface area contributed by atoms with Crippen LogP contribution in [-0.4, -0.2) is 17.1 Å². The van der Waals surface area contributed by atoms with Crippen LogP contribution in [0.2, 0.25) is 0 Å². The zero-order valence-corrected chi connectivity index (χ0v) is 6.34. The van der Waals surface area contributed by atoms with Gasteiger partial charge in [-0.25, -0.2) is 0 Å². The van der Waals surface area contributed by atoms with E-state index in [1.54, 1.807) is 0 Å². The number of aliphatic carboxylic acids is 1. The minimum Gasteiger partial charge on any atom is -0.480 e. The first-order valence-electron chi connectivity index (χ1n) is 3.17. The molecule has 6 N–H and O–H groups in total. The molecule has 0 saturated carbocycles. The number of nitrogens with two attached hydrogens (primary N) is 1. The van der Waals surface area contributed by atoms with Crippen LogP contribution in [0.3, 0.4) is 0 Å². The number of carboxylic acids is 1. The molecule has 0 spiro atoms. The van der Waals surface area contributed by atoms with Crippen molar-refractivity contribution in [2.75, 3.05) is 0 Å². The molecule has 0 aliphatic rings. The molecule has 0 heterocycles. The highest BCUT2D eigenvalue weighted by Crippen LogP contribution is 1.96. The van der Waals surface area contributed by atoms with E-state index in [2.05, 4.69) is 0 Å². The molecule has 4 heteroatoms. The zero-order valence-electron chi connectivity index (χ0n) is 6.34. The summed E-state index contributed by atoms with van der Waals surface area (Å²) in [5.41, 5.74) is 5.20. The second kappa shape index (κ2) is 6.51. The standard InChI is InChI=1S/C6H13NO2.H3N/c1-2-3-4-5(7)6(8)9;/h5H,2-4,7H2,1H3,(H,8,9);1H3/t5-;/m0./s1. The maximum absolute atomic E-state index is 10.1. The largest absolute Gasteiger partial charge is 0.480 e. The van der Waals surface area contributed by atoms with Gasteiger partial charge in [-0.1, -0.05) is 19.8 Å². The van der Waals surface area contributed by atoms with Crippen LogP contribution in [0.5, 0.6) is 0 Å². The van der Waals surface area contributed by atoms with Crippen LogP contribution < -0.4 is 11.9 Å². The second-order valence-electron chi connectivity index (χ2n) is 2.09. The molecular formula is C6H16N2O2. The minimum atomic E-state index is -0.900. The molecule has 0 aliphatic carbocycles. The third kappa shape index (κ3) is 5.53. The van der Waals surface area contributed by atoms with Crippen LogP contribution in [0.15, 0.2) is 0 Å². The summed E-state index contributed by atoms with van der Waals surface area (Å²) in [5, 5.41) is 8.28. The fourth-order valence-electron chi connectivity index (χ4n) is 0.548. The van der Waals surface area contributed by atoms with Gasteiger partial charge in [-0.05, 0) is 6.42 Å². The number of hydrogen-bond donors (Lipinski definition) is 3. The molecule has 0 bridgehead atoms. The van der Waals surface area contributed by atoms with Gasteiger partial charge in [-0.15, -0.1) is 0 Å². The fraction of sp³-hybridized carbons (Fsp3) is 0.833. The van der Waals surface area contributed by atoms with Gasteiger partial charge >= 0.3 is 5.97 Å².